The molecule has 0 bridgehead atoms. The Labute approximate surface area is 162 Å². The lowest BCUT2D eigenvalue weighted by atomic mass is 10.0. The number of hydrogen-bond donors (Lipinski definition) is 0. The third-order valence-corrected chi connectivity index (χ3v) is 5.40. The summed E-state index contributed by atoms with van der Waals surface area (Å²) in [5.41, 5.74) is 1.58. The highest BCUT2D eigenvalue weighted by Gasteiger charge is 2.32. The number of Topliss-reactive ketones (excluding diaryl/α,β-unsaturated/α-hetero) is 1. The zero-order valence-electron chi connectivity index (χ0n) is 14.6. The lowest BCUT2D eigenvalue weighted by Crippen LogP contribution is -2.15. The van der Waals surface area contributed by atoms with Gasteiger partial charge in [-0.3, -0.25) is 9.20 Å². The van der Waals surface area contributed by atoms with E-state index in [1.54, 1.807) is 13.0 Å². The Morgan fingerprint density at radius 3 is 2.59 bits per heavy atom. The molecule has 9 heteroatoms. The first-order chi connectivity index (χ1) is 12.6. The molecule has 0 saturated heterocycles. The van der Waals surface area contributed by atoms with E-state index in [1.165, 1.54) is 4.40 Å². The van der Waals surface area contributed by atoms with Crippen LogP contribution in [-0.4, -0.2) is 25.6 Å². The molecule has 1 atom stereocenters. The maximum atomic E-state index is 13.1. The van der Waals surface area contributed by atoms with E-state index in [0.29, 0.717) is 5.56 Å². The van der Waals surface area contributed by atoms with Crippen molar-refractivity contribution >= 4 is 34.8 Å². The molecule has 1 aromatic carbocycles. The van der Waals surface area contributed by atoms with Crippen LogP contribution >= 0.6 is 23.4 Å². The number of nitrogens with zero attached hydrogens (tertiary/aromatic N) is 3. The van der Waals surface area contributed by atoms with E-state index in [0.717, 1.165) is 35.2 Å². The van der Waals surface area contributed by atoms with Crippen molar-refractivity contribution in [3.05, 3.63) is 57.7 Å². The predicted octanol–water partition coefficient (Wildman–Crippen LogP) is 5.38. The van der Waals surface area contributed by atoms with Gasteiger partial charge in [0.15, 0.2) is 16.6 Å². The molecule has 0 aliphatic heterocycles. The molecule has 0 spiro atoms. The van der Waals surface area contributed by atoms with Crippen LogP contribution in [0.3, 0.4) is 0 Å². The van der Waals surface area contributed by atoms with Gasteiger partial charge in [0.05, 0.1) is 15.8 Å². The number of alkyl halides is 3. The van der Waals surface area contributed by atoms with Crippen LogP contribution in [0.5, 0.6) is 0 Å². The number of pyridine rings is 1. The first-order valence-corrected chi connectivity index (χ1v) is 9.23. The molecule has 2 aromatic heterocycles. The van der Waals surface area contributed by atoms with Gasteiger partial charge >= 0.3 is 6.18 Å². The molecule has 2 heterocycles. The Morgan fingerprint density at radius 2 is 1.93 bits per heavy atom. The molecule has 0 saturated carbocycles. The summed E-state index contributed by atoms with van der Waals surface area (Å²) in [6.45, 7) is 5.41. The van der Waals surface area contributed by atoms with Crippen LogP contribution in [0, 0.1) is 13.8 Å². The first-order valence-electron chi connectivity index (χ1n) is 7.97. The van der Waals surface area contributed by atoms with E-state index in [4.69, 9.17) is 11.6 Å². The third-order valence-electron chi connectivity index (χ3n) is 4.07. The van der Waals surface area contributed by atoms with Crippen LogP contribution in [0.15, 0.2) is 35.6 Å². The fourth-order valence-corrected chi connectivity index (χ4v) is 3.74. The van der Waals surface area contributed by atoms with Crippen LogP contribution in [0.1, 0.15) is 34.0 Å². The van der Waals surface area contributed by atoms with Crippen LogP contribution in [0.25, 0.3) is 5.65 Å². The van der Waals surface area contributed by atoms with Gasteiger partial charge in [-0.1, -0.05) is 41.1 Å². The Bertz CT molecular complexity index is 1030. The Hall–Kier alpha value is -2.06. The van der Waals surface area contributed by atoms with Gasteiger partial charge in [-0.2, -0.15) is 13.2 Å². The second-order valence-electron chi connectivity index (χ2n) is 6.19. The van der Waals surface area contributed by atoms with Gasteiger partial charge < -0.3 is 0 Å². The van der Waals surface area contributed by atoms with Crippen LogP contribution in [0.4, 0.5) is 13.2 Å². The minimum absolute atomic E-state index is 0.110. The molecular formula is C18H15ClF3N3OS. The molecule has 0 fully saturated rings. The standard InChI is InChI=1S/C18H15ClF3N3OS/c1-9-4-5-10(2)13(6-9)15(26)11(3)27-17-24-23-16-14(19)7-12(8-25(16)17)18(20,21)22/h4-8,11H,1-3H3. The number of benzene rings is 1. The van der Waals surface area contributed by atoms with Crippen molar-refractivity contribution in [2.75, 3.05) is 0 Å². The largest absolute Gasteiger partial charge is 0.417 e. The smallest absolute Gasteiger partial charge is 0.293 e. The molecule has 3 rings (SSSR count). The van der Waals surface area contributed by atoms with Crippen molar-refractivity contribution in [1.29, 1.82) is 0 Å². The molecule has 0 N–H and O–H groups in total. The van der Waals surface area contributed by atoms with Gasteiger partial charge in [-0.15, -0.1) is 10.2 Å². The van der Waals surface area contributed by atoms with Gasteiger partial charge in [0.25, 0.3) is 0 Å². The van der Waals surface area contributed by atoms with Gasteiger partial charge in [0.2, 0.25) is 0 Å². The number of fused-ring (bicyclic) bond motifs is 1. The second-order valence-corrected chi connectivity index (χ2v) is 7.91. The second kappa shape index (κ2) is 7.16. The summed E-state index contributed by atoms with van der Waals surface area (Å²) in [5.74, 6) is -0.129. The Morgan fingerprint density at radius 1 is 1.22 bits per heavy atom. The minimum Gasteiger partial charge on any atom is -0.293 e. The highest BCUT2D eigenvalue weighted by Crippen LogP contribution is 2.34. The van der Waals surface area contributed by atoms with Crippen molar-refractivity contribution < 1.29 is 18.0 Å². The summed E-state index contributed by atoms with van der Waals surface area (Å²) in [6.07, 6.45) is -3.66. The molecule has 0 aliphatic rings. The molecule has 27 heavy (non-hydrogen) atoms. The SMILES string of the molecule is Cc1ccc(C)c(C(=O)C(C)Sc2nnc3c(Cl)cc(C(F)(F)F)cn23)c1. The Kier molecular flexibility index (Phi) is 5.22. The average molecular weight is 414 g/mol. The molecular weight excluding hydrogens is 399 g/mol. The minimum atomic E-state index is -4.55. The topological polar surface area (TPSA) is 47.3 Å². The number of rotatable bonds is 4. The lowest BCUT2D eigenvalue weighted by Gasteiger charge is -2.12. The number of thioether (sulfide) groups is 1. The highest BCUT2D eigenvalue weighted by atomic mass is 35.5. The van der Waals surface area contributed by atoms with Crippen LogP contribution in [-0.2, 0) is 6.18 Å². The van der Waals surface area contributed by atoms with Crippen LogP contribution in [0.2, 0.25) is 5.02 Å². The Balaban J connectivity index is 1.95. The van der Waals surface area contributed by atoms with Crippen molar-refractivity contribution in [2.45, 2.75) is 37.4 Å². The highest BCUT2D eigenvalue weighted by molar-refractivity contribution is 8.00. The maximum Gasteiger partial charge on any atom is 0.417 e. The zero-order valence-corrected chi connectivity index (χ0v) is 16.2. The average Bonchev–Trinajstić information content (AvgIpc) is 2.99. The number of aromatic nitrogens is 3. The summed E-state index contributed by atoms with van der Waals surface area (Å²) in [6, 6.07) is 6.39. The summed E-state index contributed by atoms with van der Waals surface area (Å²) in [4.78, 5) is 12.8. The lowest BCUT2D eigenvalue weighted by molar-refractivity contribution is -0.137. The van der Waals surface area contributed by atoms with E-state index in [2.05, 4.69) is 10.2 Å². The number of hydrogen-bond acceptors (Lipinski definition) is 4. The summed E-state index contributed by atoms with van der Waals surface area (Å²) in [7, 11) is 0. The molecule has 0 radical (unpaired) electrons. The van der Waals surface area contributed by atoms with Gasteiger partial charge in [-0.25, -0.2) is 0 Å². The van der Waals surface area contributed by atoms with E-state index in [1.807, 2.05) is 26.0 Å². The van der Waals surface area contributed by atoms with Crippen molar-refractivity contribution in [3.8, 4) is 0 Å². The molecule has 0 aliphatic carbocycles. The molecule has 4 nitrogen and oxygen atoms in total. The zero-order chi connectivity index (χ0) is 19.9. The fourth-order valence-electron chi connectivity index (χ4n) is 2.60. The van der Waals surface area contributed by atoms with Crippen molar-refractivity contribution in [2.24, 2.45) is 0 Å². The number of halogens is 4. The number of carbonyl (C=O) groups excluding carboxylic acids is 1. The van der Waals surface area contributed by atoms with E-state index >= 15 is 0 Å². The van der Waals surface area contributed by atoms with E-state index < -0.39 is 17.0 Å². The molecule has 142 valence electrons. The molecule has 3 aromatic rings. The normalized spacial score (nSPS) is 13.1. The molecule has 1 unspecified atom stereocenters. The fraction of sp³-hybridized carbons (Fsp3) is 0.278. The van der Waals surface area contributed by atoms with Crippen molar-refractivity contribution in [1.82, 2.24) is 14.6 Å². The van der Waals surface area contributed by atoms with Gasteiger partial charge in [0.1, 0.15) is 0 Å². The van der Waals surface area contributed by atoms with Crippen molar-refractivity contribution in [3.63, 3.8) is 0 Å². The third kappa shape index (κ3) is 3.96. The quantitative estimate of drug-likeness (QED) is 0.425. The van der Waals surface area contributed by atoms with Gasteiger partial charge in [-0.05, 0) is 38.5 Å². The maximum absolute atomic E-state index is 13.1. The number of ketones is 1. The summed E-state index contributed by atoms with van der Waals surface area (Å²) >= 11 is 6.95. The van der Waals surface area contributed by atoms with E-state index in [9.17, 15) is 18.0 Å². The summed E-state index contributed by atoms with van der Waals surface area (Å²) < 4.78 is 40.3. The predicted molar refractivity (Wildman–Crippen MR) is 98.6 cm³/mol. The number of aryl methyl sites for hydroxylation is 2. The number of carbonyl (C=O) groups is 1. The van der Waals surface area contributed by atoms with E-state index in [-0.39, 0.29) is 21.6 Å². The molecule has 0 amide bonds. The monoisotopic (exact) mass is 413 g/mol. The first kappa shape index (κ1) is 19.7. The summed E-state index contributed by atoms with van der Waals surface area (Å²) in [5, 5.41) is 7.20. The van der Waals surface area contributed by atoms with Crippen LogP contribution < -0.4 is 0 Å². The van der Waals surface area contributed by atoms with Gasteiger partial charge in [0, 0.05) is 11.8 Å².